The van der Waals surface area contributed by atoms with Crippen molar-refractivity contribution in [2.75, 3.05) is 46.8 Å². The number of rotatable bonds is 4. The lowest BCUT2D eigenvalue weighted by molar-refractivity contribution is -0.131. The molecule has 0 unspecified atom stereocenters. The van der Waals surface area contributed by atoms with Gasteiger partial charge in [-0.1, -0.05) is 6.42 Å². The lowest BCUT2D eigenvalue weighted by atomic mass is 10.1. The van der Waals surface area contributed by atoms with Crippen molar-refractivity contribution in [2.24, 2.45) is 0 Å². The molecule has 0 radical (unpaired) electrons. The molecule has 1 N–H and O–H groups in total. The van der Waals surface area contributed by atoms with Gasteiger partial charge in [0.25, 0.3) is 0 Å². The largest absolute Gasteiger partial charge is 0.390 e. The summed E-state index contributed by atoms with van der Waals surface area (Å²) in [6.07, 6.45) is 4.03. The summed E-state index contributed by atoms with van der Waals surface area (Å²) in [7, 11) is 3.91. The molecule has 5 nitrogen and oxygen atoms in total. The van der Waals surface area contributed by atoms with Gasteiger partial charge in [0.2, 0.25) is 5.91 Å². The van der Waals surface area contributed by atoms with Crippen LogP contribution in [0.5, 0.6) is 0 Å². The van der Waals surface area contributed by atoms with Gasteiger partial charge < -0.3 is 19.8 Å². The monoisotopic (exact) mass is 269 g/mol. The zero-order valence-electron chi connectivity index (χ0n) is 12.2. The maximum Gasteiger partial charge on any atom is 0.224 e. The second kappa shape index (κ2) is 6.68. The van der Waals surface area contributed by atoms with Crippen molar-refractivity contribution in [3.63, 3.8) is 0 Å². The van der Waals surface area contributed by atoms with Crippen LogP contribution in [-0.2, 0) is 4.79 Å². The molecule has 0 aromatic heterocycles. The highest BCUT2D eigenvalue weighted by molar-refractivity contribution is 5.76. The summed E-state index contributed by atoms with van der Waals surface area (Å²) in [5, 5.41) is 9.95. The molecule has 0 aliphatic carbocycles. The number of aliphatic hydroxyl groups is 1. The molecule has 2 aliphatic heterocycles. The number of likely N-dealkylation sites (N-methyl/N-ethyl adjacent to an activating group) is 1. The molecule has 2 fully saturated rings. The molecule has 0 aromatic carbocycles. The lowest BCUT2D eigenvalue weighted by Gasteiger charge is -2.27. The first-order valence-corrected chi connectivity index (χ1v) is 7.42. The molecule has 2 atom stereocenters. The summed E-state index contributed by atoms with van der Waals surface area (Å²) in [6, 6.07) is 0.0823. The quantitative estimate of drug-likeness (QED) is 0.780. The second-order valence-corrected chi connectivity index (χ2v) is 6.05. The van der Waals surface area contributed by atoms with Gasteiger partial charge in [-0.3, -0.25) is 4.79 Å². The molecular formula is C14H27N3O2. The minimum Gasteiger partial charge on any atom is -0.390 e. The highest BCUT2D eigenvalue weighted by Crippen LogP contribution is 2.16. The maximum atomic E-state index is 12.2. The Balaban J connectivity index is 1.74. The number of carbonyl (C=O) groups is 1. The summed E-state index contributed by atoms with van der Waals surface area (Å²) in [5.41, 5.74) is 0. The van der Waals surface area contributed by atoms with Crippen molar-refractivity contribution in [3.8, 4) is 0 Å². The Kier molecular flexibility index (Phi) is 5.19. The summed E-state index contributed by atoms with van der Waals surface area (Å²) < 4.78 is 0. The van der Waals surface area contributed by atoms with Crippen LogP contribution in [0.3, 0.4) is 0 Å². The van der Waals surface area contributed by atoms with E-state index in [2.05, 4.69) is 4.90 Å². The highest BCUT2D eigenvalue weighted by atomic mass is 16.3. The Morgan fingerprint density at radius 3 is 2.47 bits per heavy atom. The maximum absolute atomic E-state index is 12.2. The van der Waals surface area contributed by atoms with E-state index in [0.29, 0.717) is 19.5 Å². The zero-order valence-corrected chi connectivity index (χ0v) is 12.2. The zero-order chi connectivity index (χ0) is 13.8. The Labute approximate surface area is 116 Å². The third kappa shape index (κ3) is 3.91. The normalized spacial score (nSPS) is 29.2. The van der Waals surface area contributed by atoms with Gasteiger partial charge in [0.15, 0.2) is 0 Å². The van der Waals surface area contributed by atoms with Crippen LogP contribution < -0.4 is 0 Å². The van der Waals surface area contributed by atoms with Crippen LogP contribution in [0, 0.1) is 0 Å². The van der Waals surface area contributed by atoms with Gasteiger partial charge in [-0.2, -0.15) is 0 Å². The molecule has 2 aliphatic rings. The first-order valence-electron chi connectivity index (χ1n) is 7.42. The third-order valence-electron chi connectivity index (χ3n) is 4.37. The predicted octanol–water partition coefficient (Wildman–Crippen LogP) is -0.00430. The highest BCUT2D eigenvalue weighted by Gasteiger charge is 2.34. The van der Waals surface area contributed by atoms with E-state index in [1.165, 1.54) is 19.3 Å². The Bertz CT molecular complexity index is 303. The smallest absolute Gasteiger partial charge is 0.224 e. The number of hydrogen-bond donors (Lipinski definition) is 1. The molecule has 2 heterocycles. The van der Waals surface area contributed by atoms with E-state index in [1.807, 2.05) is 23.9 Å². The van der Waals surface area contributed by atoms with Crippen LogP contribution in [0.1, 0.15) is 25.7 Å². The number of β-amino-alcohol motifs (C(OH)–C–C–N with tert-alkyl or cyclic N) is 1. The van der Waals surface area contributed by atoms with Crippen LogP contribution in [-0.4, -0.2) is 84.7 Å². The van der Waals surface area contributed by atoms with E-state index in [4.69, 9.17) is 0 Å². The van der Waals surface area contributed by atoms with Crippen LogP contribution in [0.25, 0.3) is 0 Å². The van der Waals surface area contributed by atoms with Gasteiger partial charge in [-0.15, -0.1) is 0 Å². The van der Waals surface area contributed by atoms with E-state index in [-0.39, 0.29) is 11.9 Å². The van der Waals surface area contributed by atoms with Crippen LogP contribution in [0.4, 0.5) is 0 Å². The Morgan fingerprint density at radius 2 is 1.89 bits per heavy atom. The van der Waals surface area contributed by atoms with Gasteiger partial charge in [-0.05, 0) is 40.0 Å². The van der Waals surface area contributed by atoms with E-state index in [1.54, 1.807) is 0 Å². The van der Waals surface area contributed by atoms with E-state index < -0.39 is 6.10 Å². The number of amides is 1. The van der Waals surface area contributed by atoms with Crippen molar-refractivity contribution in [3.05, 3.63) is 0 Å². The van der Waals surface area contributed by atoms with E-state index >= 15 is 0 Å². The molecule has 0 bridgehead atoms. The number of piperidine rings is 1. The molecule has 0 spiro atoms. The summed E-state index contributed by atoms with van der Waals surface area (Å²) in [5.74, 6) is 0.189. The van der Waals surface area contributed by atoms with Crippen molar-refractivity contribution in [1.82, 2.24) is 14.7 Å². The average molecular weight is 269 g/mol. The molecule has 0 aromatic rings. The van der Waals surface area contributed by atoms with Crippen LogP contribution in [0.2, 0.25) is 0 Å². The van der Waals surface area contributed by atoms with Crippen molar-refractivity contribution >= 4 is 5.91 Å². The molecule has 5 heteroatoms. The van der Waals surface area contributed by atoms with Gasteiger partial charge in [-0.25, -0.2) is 0 Å². The number of likely N-dealkylation sites (tertiary alicyclic amines) is 2. The van der Waals surface area contributed by atoms with Crippen LogP contribution in [0.15, 0.2) is 0 Å². The fourth-order valence-corrected chi connectivity index (χ4v) is 3.08. The number of hydrogen-bond acceptors (Lipinski definition) is 4. The third-order valence-corrected chi connectivity index (χ3v) is 4.37. The number of carbonyl (C=O) groups excluding carboxylic acids is 1. The standard InChI is InChI=1S/C14H27N3O2/c1-15(2)12-10-17(11-13(12)18)14(19)6-9-16-7-4-3-5-8-16/h12-13,18H,3-11H2,1-2H3/t12-,13-/m1/s1. The Hall–Kier alpha value is -0.650. The SMILES string of the molecule is CN(C)[C@@H]1CN(C(=O)CCN2CCCCC2)C[C@H]1O. The summed E-state index contributed by atoms with van der Waals surface area (Å²) >= 11 is 0. The molecule has 2 rings (SSSR count). The molecule has 2 saturated heterocycles. The van der Waals surface area contributed by atoms with E-state index in [0.717, 1.165) is 19.6 Å². The molecular weight excluding hydrogens is 242 g/mol. The summed E-state index contributed by atoms with van der Waals surface area (Å²) in [6.45, 7) is 4.29. The van der Waals surface area contributed by atoms with Gasteiger partial charge >= 0.3 is 0 Å². The van der Waals surface area contributed by atoms with Gasteiger partial charge in [0.1, 0.15) is 0 Å². The van der Waals surface area contributed by atoms with Crippen molar-refractivity contribution in [2.45, 2.75) is 37.8 Å². The first kappa shape index (κ1) is 14.8. The Morgan fingerprint density at radius 1 is 1.21 bits per heavy atom. The van der Waals surface area contributed by atoms with Crippen molar-refractivity contribution < 1.29 is 9.90 Å². The summed E-state index contributed by atoms with van der Waals surface area (Å²) in [4.78, 5) is 18.4. The predicted molar refractivity (Wildman–Crippen MR) is 75.0 cm³/mol. The molecule has 0 saturated carbocycles. The lowest BCUT2D eigenvalue weighted by Crippen LogP contribution is -2.38. The van der Waals surface area contributed by atoms with Crippen LogP contribution >= 0.6 is 0 Å². The number of nitrogens with zero attached hydrogens (tertiary/aromatic N) is 3. The molecule has 110 valence electrons. The fourth-order valence-electron chi connectivity index (χ4n) is 3.08. The number of aliphatic hydroxyl groups excluding tert-OH is 1. The first-order chi connectivity index (χ1) is 9.08. The second-order valence-electron chi connectivity index (χ2n) is 6.05. The fraction of sp³-hybridized carbons (Fsp3) is 0.929. The minimum atomic E-state index is -0.408. The minimum absolute atomic E-state index is 0.0823. The van der Waals surface area contributed by atoms with Gasteiger partial charge in [0, 0.05) is 26.1 Å². The topological polar surface area (TPSA) is 47.0 Å². The van der Waals surface area contributed by atoms with E-state index in [9.17, 15) is 9.90 Å². The average Bonchev–Trinajstić information content (AvgIpc) is 2.79. The molecule has 19 heavy (non-hydrogen) atoms. The molecule has 1 amide bonds. The van der Waals surface area contributed by atoms with Gasteiger partial charge in [0.05, 0.1) is 12.1 Å². The van der Waals surface area contributed by atoms with Crippen molar-refractivity contribution in [1.29, 1.82) is 0 Å².